The van der Waals surface area contributed by atoms with Crippen LogP contribution in [0, 0.1) is 11.8 Å². The molecule has 0 spiro atoms. The van der Waals surface area contributed by atoms with E-state index >= 15 is 0 Å². The lowest BCUT2D eigenvalue weighted by atomic mass is 9.56. The summed E-state index contributed by atoms with van der Waals surface area (Å²) < 4.78 is 0. The van der Waals surface area contributed by atoms with E-state index in [1.165, 1.54) is 0 Å². The predicted molar refractivity (Wildman–Crippen MR) is 150 cm³/mol. The third-order valence-corrected chi connectivity index (χ3v) is 9.67. The van der Waals surface area contributed by atoms with Crippen molar-refractivity contribution >= 4 is 23.2 Å². The number of phenols is 1. The summed E-state index contributed by atoms with van der Waals surface area (Å²) in [7, 11) is 2.07. The van der Waals surface area contributed by atoms with Crippen LogP contribution in [0.1, 0.15) is 67.8 Å². The van der Waals surface area contributed by atoms with Crippen molar-refractivity contribution in [2.24, 2.45) is 17.6 Å². The molecule has 222 valence electrons. The predicted octanol–water partition coefficient (Wildman–Crippen LogP) is 1.81. The van der Waals surface area contributed by atoms with Gasteiger partial charge in [-0.05, 0) is 56.9 Å². The lowest BCUT2D eigenvalue weighted by Gasteiger charge is -2.50. The maximum absolute atomic E-state index is 14.1. The molecule has 1 aromatic carbocycles. The van der Waals surface area contributed by atoms with Crippen LogP contribution >= 0.6 is 0 Å². The number of hydrogen-bond acceptors (Lipinski definition) is 10. The van der Waals surface area contributed by atoms with Gasteiger partial charge < -0.3 is 41.1 Å². The number of benzene rings is 1. The molecule has 1 aliphatic heterocycles. The number of hydrogen-bond donors (Lipinski definition) is 6. The molecule has 0 bridgehead atoms. The van der Waals surface area contributed by atoms with Crippen molar-refractivity contribution in [1.29, 1.82) is 0 Å². The van der Waals surface area contributed by atoms with Crippen LogP contribution in [-0.4, -0.2) is 92.3 Å². The van der Waals surface area contributed by atoms with Gasteiger partial charge in [-0.3, -0.25) is 14.4 Å². The summed E-state index contributed by atoms with van der Waals surface area (Å²) in [5, 5.41) is 56.4. The van der Waals surface area contributed by atoms with Crippen molar-refractivity contribution in [3.63, 3.8) is 0 Å². The molecule has 4 aliphatic rings. The SMILES string of the molecule is CCCCN(c1ccc2c(c1O)C(=O)C1=C(O)[C@]3(O)C(=O)C(C(N)=O)=C(O)C[C@@H]3[C@@H](O)[C@@H]1[C@H]2C)C1CCN(C)CC1. The monoisotopic (exact) mass is 569 g/mol. The van der Waals surface area contributed by atoms with Crippen molar-refractivity contribution in [1.82, 2.24) is 4.90 Å². The highest BCUT2D eigenvalue weighted by molar-refractivity contribution is 6.24. The molecule has 5 atom stereocenters. The summed E-state index contributed by atoms with van der Waals surface area (Å²) in [4.78, 5) is 43.7. The fourth-order valence-electron chi connectivity index (χ4n) is 7.35. The van der Waals surface area contributed by atoms with E-state index in [0.29, 0.717) is 17.8 Å². The van der Waals surface area contributed by atoms with Crippen LogP contribution in [0.5, 0.6) is 5.75 Å². The van der Waals surface area contributed by atoms with Crippen LogP contribution in [0.3, 0.4) is 0 Å². The number of fused-ring (bicyclic) bond motifs is 3. The Morgan fingerprint density at radius 1 is 1.17 bits per heavy atom. The molecule has 7 N–H and O–H groups in total. The van der Waals surface area contributed by atoms with Crippen molar-refractivity contribution in [3.8, 4) is 5.75 Å². The molecule has 1 fully saturated rings. The van der Waals surface area contributed by atoms with Gasteiger partial charge in [0.2, 0.25) is 5.78 Å². The number of amides is 1. The zero-order valence-corrected chi connectivity index (χ0v) is 23.6. The largest absolute Gasteiger partial charge is 0.511 e. The number of primary amides is 1. The summed E-state index contributed by atoms with van der Waals surface area (Å²) in [5.41, 5.74) is 2.07. The first-order valence-corrected chi connectivity index (χ1v) is 14.3. The number of carbonyl (C=O) groups is 3. The molecule has 0 unspecified atom stereocenters. The van der Waals surface area contributed by atoms with E-state index in [2.05, 4.69) is 23.8 Å². The molecule has 11 heteroatoms. The Bertz CT molecular complexity index is 1360. The zero-order chi connectivity index (χ0) is 30.0. The van der Waals surface area contributed by atoms with Gasteiger partial charge in [-0.2, -0.15) is 0 Å². The molecule has 5 rings (SSSR count). The maximum Gasteiger partial charge on any atom is 0.255 e. The molecule has 0 saturated carbocycles. The molecule has 11 nitrogen and oxygen atoms in total. The first-order chi connectivity index (χ1) is 19.4. The molecule has 1 amide bonds. The second-order valence-corrected chi connectivity index (χ2v) is 12.0. The molecular weight excluding hydrogens is 530 g/mol. The Morgan fingerprint density at radius 2 is 1.83 bits per heavy atom. The number of unbranched alkanes of at least 4 members (excludes halogenated alkanes) is 1. The van der Waals surface area contributed by atoms with E-state index in [0.717, 1.165) is 38.8 Å². The van der Waals surface area contributed by atoms with E-state index < -0.39 is 70.4 Å². The normalized spacial score (nSPS) is 30.7. The first-order valence-electron chi connectivity index (χ1n) is 14.3. The number of anilines is 1. The van der Waals surface area contributed by atoms with E-state index in [1.54, 1.807) is 19.1 Å². The number of carbonyl (C=O) groups excluding carboxylic acids is 3. The minimum absolute atomic E-state index is 0.0479. The fraction of sp³-hybridized carbons (Fsp3) is 0.567. The number of Topliss-reactive ketones (excluding diaryl/α,β-unsaturated/α-hetero) is 2. The van der Waals surface area contributed by atoms with Gasteiger partial charge in [0.05, 0.1) is 17.4 Å². The number of aliphatic hydroxyl groups excluding tert-OH is 3. The Kier molecular flexibility index (Phi) is 7.42. The number of ketones is 2. The van der Waals surface area contributed by atoms with Gasteiger partial charge in [0, 0.05) is 36.4 Å². The van der Waals surface area contributed by atoms with Gasteiger partial charge >= 0.3 is 0 Å². The molecule has 1 heterocycles. The minimum Gasteiger partial charge on any atom is -0.511 e. The summed E-state index contributed by atoms with van der Waals surface area (Å²) in [6.45, 7) is 6.30. The molecule has 0 radical (unpaired) electrons. The van der Waals surface area contributed by atoms with E-state index in [1.807, 2.05) is 0 Å². The van der Waals surface area contributed by atoms with Gasteiger partial charge in [0.25, 0.3) is 5.91 Å². The molecular formula is C30H39N3O8. The lowest BCUT2D eigenvalue weighted by Crippen LogP contribution is -2.62. The van der Waals surface area contributed by atoms with Crippen LogP contribution < -0.4 is 10.6 Å². The topological polar surface area (TPSA) is 185 Å². The average molecular weight is 570 g/mol. The lowest BCUT2D eigenvalue weighted by molar-refractivity contribution is -0.154. The van der Waals surface area contributed by atoms with Gasteiger partial charge in [-0.25, -0.2) is 0 Å². The smallest absolute Gasteiger partial charge is 0.255 e. The van der Waals surface area contributed by atoms with Crippen LogP contribution in [0.4, 0.5) is 5.69 Å². The van der Waals surface area contributed by atoms with Crippen molar-refractivity contribution < 1.29 is 39.9 Å². The first kappa shape index (κ1) is 29.1. The number of allylic oxidation sites excluding steroid dienone is 1. The molecule has 1 aromatic rings. The maximum atomic E-state index is 14.1. The number of phenolic OH excluding ortho intramolecular Hbond substituents is 1. The zero-order valence-electron chi connectivity index (χ0n) is 23.6. The summed E-state index contributed by atoms with van der Waals surface area (Å²) in [5.74, 6) is -8.48. The number of nitrogens with zero attached hydrogens (tertiary/aromatic N) is 2. The third-order valence-electron chi connectivity index (χ3n) is 9.67. The second-order valence-electron chi connectivity index (χ2n) is 12.0. The van der Waals surface area contributed by atoms with Gasteiger partial charge in [0.1, 0.15) is 22.8 Å². The molecule has 1 saturated heterocycles. The third kappa shape index (κ3) is 4.24. The number of aliphatic hydroxyl groups is 4. The standard InChI is InChI=1S/C30H39N3O8/c1-4-5-10-33(15-8-11-32(3)12-9-15)18-7-6-16-14(2)20-23(26(37)21(16)25(18)36)28(39)30(41)17(24(20)35)13-19(34)22(27(30)38)29(31)40/h6-7,14-15,17,20,24,34-36,39,41H,4-5,8-13H2,1-3H3,(H2,31,40)/t14-,17+,20+,24+,30+/m0/s1. The number of nitrogens with two attached hydrogens (primary N) is 1. The van der Waals surface area contributed by atoms with Crippen LogP contribution in [0.25, 0.3) is 0 Å². The quantitative estimate of drug-likeness (QED) is 0.276. The van der Waals surface area contributed by atoms with Gasteiger partial charge in [0.15, 0.2) is 11.4 Å². The number of piperidine rings is 1. The fourth-order valence-corrected chi connectivity index (χ4v) is 7.35. The van der Waals surface area contributed by atoms with Crippen molar-refractivity contribution in [2.45, 2.75) is 69.6 Å². The van der Waals surface area contributed by atoms with Gasteiger partial charge in [-0.15, -0.1) is 0 Å². The number of aromatic hydroxyl groups is 1. The molecule has 0 aromatic heterocycles. The Labute approximate surface area is 238 Å². The van der Waals surface area contributed by atoms with Crippen molar-refractivity contribution in [2.75, 3.05) is 31.6 Å². The van der Waals surface area contributed by atoms with Crippen LogP contribution in [-0.2, 0) is 9.59 Å². The highest BCUT2D eigenvalue weighted by Crippen LogP contribution is 2.55. The van der Waals surface area contributed by atoms with Crippen molar-refractivity contribution in [3.05, 3.63) is 45.9 Å². The highest BCUT2D eigenvalue weighted by atomic mass is 16.4. The molecule has 41 heavy (non-hydrogen) atoms. The van der Waals surface area contributed by atoms with E-state index in [4.69, 9.17) is 5.73 Å². The number of likely N-dealkylation sites (tertiary alicyclic amines) is 1. The Balaban J connectivity index is 1.64. The second kappa shape index (κ2) is 10.5. The van der Waals surface area contributed by atoms with E-state index in [9.17, 15) is 39.9 Å². The van der Waals surface area contributed by atoms with Gasteiger partial charge in [-0.1, -0.05) is 26.3 Å². The van der Waals surface area contributed by atoms with E-state index in [-0.39, 0.29) is 22.9 Å². The molecule has 3 aliphatic carbocycles. The number of rotatable bonds is 6. The summed E-state index contributed by atoms with van der Waals surface area (Å²) >= 11 is 0. The summed E-state index contributed by atoms with van der Waals surface area (Å²) in [6.07, 6.45) is 1.56. The van der Waals surface area contributed by atoms with Crippen LogP contribution in [0.15, 0.2) is 34.8 Å². The Morgan fingerprint density at radius 3 is 2.44 bits per heavy atom. The minimum atomic E-state index is -2.84. The summed E-state index contributed by atoms with van der Waals surface area (Å²) in [6, 6.07) is 3.71. The Hall–Kier alpha value is -3.41. The average Bonchev–Trinajstić information content (AvgIpc) is 2.92. The highest BCUT2D eigenvalue weighted by Gasteiger charge is 2.64. The van der Waals surface area contributed by atoms with Crippen LogP contribution in [0.2, 0.25) is 0 Å².